The molecule has 196 valence electrons. The van der Waals surface area contributed by atoms with Crippen LogP contribution in [0, 0.1) is 20.8 Å². The fourth-order valence-electron chi connectivity index (χ4n) is 3.96. The number of hydrazone groups is 1. The molecule has 37 heavy (non-hydrogen) atoms. The molecule has 10 heteroatoms. The number of halogens is 2. The molecule has 0 aromatic heterocycles. The van der Waals surface area contributed by atoms with Crippen molar-refractivity contribution >= 4 is 45.3 Å². The first-order chi connectivity index (χ1) is 17.5. The summed E-state index contributed by atoms with van der Waals surface area (Å²) in [5, 5.41) is 4.63. The van der Waals surface area contributed by atoms with Crippen molar-refractivity contribution in [3.63, 3.8) is 0 Å². The van der Waals surface area contributed by atoms with Crippen molar-refractivity contribution in [3.8, 4) is 5.75 Å². The Hall–Kier alpha value is -2.91. The summed E-state index contributed by atoms with van der Waals surface area (Å²) in [7, 11) is -4.05. The maximum atomic E-state index is 13.8. The number of sulfonamides is 1. The molecule has 0 atom stereocenters. The Morgan fingerprint density at radius 2 is 1.65 bits per heavy atom. The van der Waals surface area contributed by atoms with Crippen LogP contribution in [0.1, 0.15) is 34.7 Å². The fourth-order valence-corrected chi connectivity index (χ4v) is 6.08. The molecule has 7 nitrogen and oxygen atoms in total. The maximum absolute atomic E-state index is 13.8. The minimum absolute atomic E-state index is 0.0813. The molecule has 0 bridgehead atoms. The molecule has 3 rings (SSSR count). The van der Waals surface area contributed by atoms with Gasteiger partial charge in [-0.3, -0.25) is 4.79 Å². The van der Waals surface area contributed by atoms with E-state index >= 15 is 0 Å². The van der Waals surface area contributed by atoms with Gasteiger partial charge in [0.15, 0.2) is 0 Å². The molecular weight excluding hydrogens is 533 g/mol. The van der Waals surface area contributed by atoms with E-state index in [-0.39, 0.29) is 11.4 Å². The molecule has 0 saturated heterocycles. The number of ether oxygens (including phenoxy) is 1. The van der Waals surface area contributed by atoms with E-state index in [9.17, 15) is 13.2 Å². The number of nitrogens with one attached hydrogen (secondary N) is 1. The van der Waals surface area contributed by atoms with Crippen LogP contribution in [-0.2, 0) is 21.4 Å². The maximum Gasteiger partial charge on any atom is 0.255 e. The van der Waals surface area contributed by atoms with Gasteiger partial charge in [-0.15, -0.1) is 0 Å². The molecule has 0 heterocycles. The van der Waals surface area contributed by atoms with Gasteiger partial charge < -0.3 is 4.74 Å². The number of hydrogen-bond acceptors (Lipinski definition) is 5. The normalized spacial score (nSPS) is 11.8. The SMILES string of the molecule is CCOc1ccc(/C=N/NC(=O)CN(Cc2ccc(Cl)c(Cl)c2)S(=O)(=O)c2c(C)cc(C)cc2C)cc1. The number of nitrogens with zero attached hydrogens (tertiary/aromatic N) is 2. The zero-order valence-corrected chi connectivity index (χ0v) is 23.4. The molecule has 0 spiro atoms. The molecule has 0 aliphatic rings. The Bertz CT molecular complexity index is 1380. The minimum Gasteiger partial charge on any atom is -0.494 e. The lowest BCUT2D eigenvalue weighted by molar-refractivity contribution is -0.121. The lowest BCUT2D eigenvalue weighted by atomic mass is 10.1. The predicted octanol–water partition coefficient (Wildman–Crippen LogP) is 5.66. The van der Waals surface area contributed by atoms with E-state index in [1.807, 2.05) is 13.8 Å². The lowest BCUT2D eigenvalue weighted by Gasteiger charge is -2.24. The van der Waals surface area contributed by atoms with Crippen LogP contribution in [0.3, 0.4) is 0 Å². The zero-order chi connectivity index (χ0) is 27.2. The van der Waals surface area contributed by atoms with Gasteiger partial charge in [-0.05, 0) is 86.3 Å². The second kappa shape index (κ2) is 12.6. The molecule has 3 aromatic rings. The number of aryl methyl sites for hydroxylation is 3. The largest absolute Gasteiger partial charge is 0.494 e. The van der Waals surface area contributed by atoms with Crippen molar-refractivity contribution in [2.45, 2.75) is 39.1 Å². The topological polar surface area (TPSA) is 88.1 Å². The Labute approximate surface area is 228 Å². The standard InChI is InChI=1S/C27H29Cl2N3O4S/c1-5-36-23-9-6-21(7-10-23)15-30-31-26(33)17-32(16-22-8-11-24(28)25(29)14-22)37(34,35)27-19(3)12-18(2)13-20(27)4/h6-15H,5,16-17H2,1-4H3,(H,31,33)/b30-15+. The molecule has 0 unspecified atom stereocenters. The van der Waals surface area contributed by atoms with Gasteiger partial charge in [0.2, 0.25) is 10.0 Å². The van der Waals surface area contributed by atoms with Crippen molar-refractivity contribution in [1.82, 2.24) is 9.73 Å². The lowest BCUT2D eigenvalue weighted by Crippen LogP contribution is -2.39. The van der Waals surface area contributed by atoms with Crippen molar-refractivity contribution in [2.24, 2.45) is 5.10 Å². The summed E-state index contributed by atoms with van der Waals surface area (Å²) >= 11 is 12.2. The zero-order valence-electron chi connectivity index (χ0n) is 21.1. The van der Waals surface area contributed by atoms with Gasteiger partial charge in [0.05, 0.1) is 34.3 Å². The van der Waals surface area contributed by atoms with E-state index in [1.54, 1.807) is 68.4 Å². The molecule has 3 aromatic carbocycles. The number of rotatable bonds is 10. The number of carbonyl (C=O) groups is 1. The van der Waals surface area contributed by atoms with E-state index < -0.39 is 22.5 Å². The van der Waals surface area contributed by atoms with E-state index in [0.717, 1.165) is 21.2 Å². The summed E-state index contributed by atoms with van der Waals surface area (Å²) in [5.74, 6) is 0.141. The van der Waals surface area contributed by atoms with Crippen LogP contribution < -0.4 is 10.2 Å². The number of amides is 1. The predicted molar refractivity (Wildman–Crippen MR) is 148 cm³/mol. The number of hydrogen-bond donors (Lipinski definition) is 1. The quantitative estimate of drug-likeness (QED) is 0.255. The molecule has 1 amide bonds. The minimum atomic E-state index is -4.05. The molecule has 0 fully saturated rings. The summed E-state index contributed by atoms with van der Waals surface area (Å²) in [4.78, 5) is 13.0. The van der Waals surface area contributed by atoms with Crippen molar-refractivity contribution in [1.29, 1.82) is 0 Å². The summed E-state index contributed by atoms with van der Waals surface area (Å²) in [6, 6.07) is 15.6. The second-order valence-electron chi connectivity index (χ2n) is 8.54. The van der Waals surface area contributed by atoms with Crippen LogP contribution in [0.4, 0.5) is 0 Å². The van der Waals surface area contributed by atoms with Crippen LogP contribution >= 0.6 is 23.2 Å². The van der Waals surface area contributed by atoms with Crippen molar-refractivity contribution in [2.75, 3.05) is 13.2 Å². The van der Waals surface area contributed by atoms with Crippen LogP contribution in [-0.4, -0.2) is 38.0 Å². The van der Waals surface area contributed by atoms with Crippen molar-refractivity contribution < 1.29 is 17.9 Å². The molecule has 1 N–H and O–H groups in total. The van der Waals surface area contributed by atoms with Crippen LogP contribution in [0.5, 0.6) is 5.75 Å². The highest BCUT2D eigenvalue weighted by atomic mass is 35.5. The van der Waals surface area contributed by atoms with Gasteiger partial charge in [0, 0.05) is 6.54 Å². The van der Waals surface area contributed by atoms with Gasteiger partial charge >= 0.3 is 0 Å². The molecule has 0 aliphatic carbocycles. The fraction of sp³-hybridized carbons (Fsp3) is 0.259. The van der Waals surface area contributed by atoms with Gasteiger partial charge in [0.25, 0.3) is 5.91 Å². The third-order valence-corrected chi connectivity index (χ3v) is 8.30. The average Bonchev–Trinajstić information content (AvgIpc) is 2.81. The molecule has 0 saturated carbocycles. The van der Waals surface area contributed by atoms with Crippen molar-refractivity contribution in [3.05, 3.63) is 92.5 Å². The average molecular weight is 563 g/mol. The van der Waals surface area contributed by atoms with Gasteiger partial charge in [-0.25, -0.2) is 13.8 Å². The number of benzene rings is 3. The Kier molecular flexibility index (Phi) is 9.73. The third kappa shape index (κ3) is 7.55. The Balaban J connectivity index is 1.85. The third-order valence-electron chi connectivity index (χ3n) is 5.46. The van der Waals surface area contributed by atoms with Crippen LogP contribution in [0.25, 0.3) is 0 Å². The summed E-state index contributed by atoms with van der Waals surface area (Å²) in [6.45, 7) is 7.32. The Morgan fingerprint density at radius 3 is 2.24 bits per heavy atom. The van der Waals surface area contributed by atoms with E-state index in [1.165, 1.54) is 6.21 Å². The van der Waals surface area contributed by atoms with Crippen LogP contribution in [0.2, 0.25) is 10.0 Å². The monoisotopic (exact) mass is 561 g/mol. The van der Waals surface area contributed by atoms with E-state index in [4.69, 9.17) is 27.9 Å². The van der Waals surface area contributed by atoms with E-state index in [2.05, 4.69) is 10.5 Å². The molecular formula is C27H29Cl2N3O4S. The first-order valence-corrected chi connectivity index (χ1v) is 13.8. The highest BCUT2D eigenvalue weighted by Crippen LogP contribution is 2.28. The van der Waals surface area contributed by atoms with E-state index in [0.29, 0.717) is 33.3 Å². The number of carbonyl (C=O) groups excluding carboxylic acids is 1. The second-order valence-corrected chi connectivity index (χ2v) is 11.2. The molecule has 0 radical (unpaired) electrons. The van der Waals surface area contributed by atoms with Gasteiger partial charge in [-0.2, -0.15) is 9.41 Å². The smallest absolute Gasteiger partial charge is 0.255 e. The molecule has 0 aliphatic heterocycles. The highest BCUT2D eigenvalue weighted by Gasteiger charge is 2.30. The van der Waals surface area contributed by atoms with Gasteiger partial charge in [-0.1, -0.05) is 47.0 Å². The first-order valence-electron chi connectivity index (χ1n) is 11.6. The summed E-state index contributed by atoms with van der Waals surface area (Å²) in [5.41, 5.74) is 5.90. The van der Waals surface area contributed by atoms with Crippen LogP contribution in [0.15, 0.2) is 64.6 Å². The Morgan fingerprint density at radius 1 is 1.00 bits per heavy atom. The van der Waals surface area contributed by atoms with Gasteiger partial charge in [0.1, 0.15) is 5.75 Å². The summed E-state index contributed by atoms with van der Waals surface area (Å²) in [6.07, 6.45) is 1.47. The summed E-state index contributed by atoms with van der Waals surface area (Å²) < 4.78 is 34.1. The highest BCUT2D eigenvalue weighted by molar-refractivity contribution is 7.89. The first kappa shape index (κ1) is 28.7.